The SMILES string of the molecule is Cc1ccc(C(=O)NCCC2CCOC2)cc1Br. The predicted molar refractivity (Wildman–Crippen MR) is 74.8 cm³/mol. The van der Waals surface area contributed by atoms with E-state index in [1.54, 1.807) is 0 Å². The Morgan fingerprint density at radius 1 is 1.56 bits per heavy atom. The Bertz CT molecular complexity index is 428. The standard InChI is InChI=1S/C14H18BrNO2/c1-10-2-3-12(8-13(10)15)14(17)16-6-4-11-5-7-18-9-11/h2-3,8,11H,4-7,9H2,1H3,(H,16,17). The van der Waals surface area contributed by atoms with Crippen molar-refractivity contribution in [2.75, 3.05) is 19.8 Å². The maximum absolute atomic E-state index is 11.9. The normalized spacial score (nSPS) is 18.9. The highest BCUT2D eigenvalue weighted by molar-refractivity contribution is 9.10. The Hall–Kier alpha value is -0.870. The molecule has 1 N–H and O–H groups in total. The minimum atomic E-state index is -0.00499. The Kier molecular flexibility index (Phi) is 4.78. The van der Waals surface area contributed by atoms with Gasteiger partial charge >= 0.3 is 0 Å². The Balaban J connectivity index is 1.81. The van der Waals surface area contributed by atoms with E-state index in [0.717, 1.165) is 42.6 Å². The van der Waals surface area contributed by atoms with Crippen molar-refractivity contribution in [3.63, 3.8) is 0 Å². The number of ether oxygens (including phenoxy) is 1. The van der Waals surface area contributed by atoms with Crippen molar-refractivity contribution < 1.29 is 9.53 Å². The molecule has 1 amide bonds. The van der Waals surface area contributed by atoms with E-state index >= 15 is 0 Å². The van der Waals surface area contributed by atoms with E-state index in [4.69, 9.17) is 4.74 Å². The molecule has 1 atom stereocenters. The number of hydrogen-bond donors (Lipinski definition) is 1. The predicted octanol–water partition coefficient (Wildman–Crippen LogP) is 2.91. The van der Waals surface area contributed by atoms with Gasteiger partial charge in [-0.3, -0.25) is 4.79 Å². The zero-order valence-corrected chi connectivity index (χ0v) is 12.1. The molecule has 1 aliphatic heterocycles. The van der Waals surface area contributed by atoms with Crippen LogP contribution in [0.25, 0.3) is 0 Å². The van der Waals surface area contributed by atoms with Gasteiger partial charge < -0.3 is 10.1 Å². The summed E-state index contributed by atoms with van der Waals surface area (Å²) in [4.78, 5) is 11.9. The van der Waals surface area contributed by atoms with E-state index < -0.39 is 0 Å². The van der Waals surface area contributed by atoms with Crippen LogP contribution in [0.15, 0.2) is 22.7 Å². The fourth-order valence-corrected chi connectivity index (χ4v) is 2.42. The van der Waals surface area contributed by atoms with Gasteiger partial charge in [-0.15, -0.1) is 0 Å². The molecule has 1 aromatic rings. The van der Waals surface area contributed by atoms with Gasteiger partial charge in [-0.25, -0.2) is 0 Å². The Labute approximate surface area is 116 Å². The van der Waals surface area contributed by atoms with Crippen LogP contribution in [0.5, 0.6) is 0 Å². The molecule has 1 heterocycles. The van der Waals surface area contributed by atoms with Gasteiger partial charge in [0.15, 0.2) is 0 Å². The number of benzene rings is 1. The summed E-state index contributed by atoms with van der Waals surface area (Å²) in [5.74, 6) is 0.602. The van der Waals surface area contributed by atoms with E-state index in [1.165, 1.54) is 0 Å². The highest BCUT2D eigenvalue weighted by atomic mass is 79.9. The number of carbonyl (C=O) groups excluding carboxylic acids is 1. The van der Waals surface area contributed by atoms with E-state index in [0.29, 0.717) is 11.5 Å². The first kappa shape index (κ1) is 13.6. The van der Waals surface area contributed by atoms with Crippen LogP contribution in [0, 0.1) is 12.8 Å². The molecule has 1 aromatic carbocycles. The van der Waals surface area contributed by atoms with E-state index in [-0.39, 0.29) is 5.91 Å². The quantitative estimate of drug-likeness (QED) is 0.928. The summed E-state index contributed by atoms with van der Waals surface area (Å²) in [5.41, 5.74) is 1.84. The second-order valence-corrected chi connectivity index (χ2v) is 5.59. The summed E-state index contributed by atoms with van der Waals surface area (Å²) in [7, 11) is 0. The molecule has 0 bridgehead atoms. The number of amides is 1. The molecule has 3 nitrogen and oxygen atoms in total. The highest BCUT2D eigenvalue weighted by Gasteiger charge is 2.15. The van der Waals surface area contributed by atoms with Crippen molar-refractivity contribution in [3.05, 3.63) is 33.8 Å². The van der Waals surface area contributed by atoms with Crippen LogP contribution in [-0.2, 0) is 4.74 Å². The van der Waals surface area contributed by atoms with Gasteiger partial charge in [0, 0.05) is 29.8 Å². The maximum Gasteiger partial charge on any atom is 0.251 e. The second kappa shape index (κ2) is 6.34. The third kappa shape index (κ3) is 3.56. The maximum atomic E-state index is 11.9. The monoisotopic (exact) mass is 311 g/mol. The van der Waals surface area contributed by atoms with Crippen molar-refractivity contribution >= 4 is 21.8 Å². The molecule has 2 rings (SSSR count). The number of rotatable bonds is 4. The fourth-order valence-electron chi connectivity index (χ4n) is 2.04. The van der Waals surface area contributed by atoms with Gasteiger partial charge in [0.1, 0.15) is 0 Å². The second-order valence-electron chi connectivity index (χ2n) is 4.74. The molecule has 18 heavy (non-hydrogen) atoms. The molecule has 0 radical (unpaired) electrons. The molecule has 1 fully saturated rings. The average molecular weight is 312 g/mol. The smallest absolute Gasteiger partial charge is 0.251 e. The zero-order chi connectivity index (χ0) is 13.0. The number of hydrogen-bond acceptors (Lipinski definition) is 2. The van der Waals surface area contributed by atoms with Crippen molar-refractivity contribution in [3.8, 4) is 0 Å². The van der Waals surface area contributed by atoms with Crippen LogP contribution in [0.1, 0.15) is 28.8 Å². The summed E-state index contributed by atoms with van der Waals surface area (Å²) < 4.78 is 6.28. The summed E-state index contributed by atoms with van der Waals surface area (Å²) in [6, 6.07) is 5.67. The van der Waals surface area contributed by atoms with Gasteiger partial charge in [0.2, 0.25) is 0 Å². The molecule has 0 saturated carbocycles. The molecule has 4 heteroatoms. The molecule has 0 aromatic heterocycles. The summed E-state index contributed by atoms with van der Waals surface area (Å²) in [6.45, 7) is 4.43. The Morgan fingerprint density at radius 2 is 2.39 bits per heavy atom. The molecular formula is C14H18BrNO2. The number of nitrogens with one attached hydrogen (secondary N) is 1. The van der Waals surface area contributed by atoms with Crippen LogP contribution in [0.2, 0.25) is 0 Å². The van der Waals surface area contributed by atoms with Crippen molar-refractivity contribution in [1.29, 1.82) is 0 Å². The number of halogens is 1. The molecule has 98 valence electrons. The molecule has 1 saturated heterocycles. The number of carbonyl (C=O) groups is 1. The summed E-state index contributed by atoms with van der Waals surface area (Å²) in [6.07, 6.45) is 2.12. The number of aryl methyl sites for hydroxylation is 1. The summed E-state index contributed by atoms with van der Waals surface area (Å²) in [5, 5.41) is 2.96. The molecule has 1 unspecified atom stereocenters. The highest BCUT2D eigenvalue weighted by Crippen LogP contribution is 2.18. The third-order valence-electron chi connectivity index (χ3n) is 3.30. The lowest BCUT2D eigenvalue weighted by Gasteiger charge is -2.09. The van der Waals surface area contributed by atoms with Gasteiger partial charge in [-0.2, -0.15) is 0 Å². The van der Waals surface area contributed by atoms with Crippen LogP contribution in [-0.4, -0.2) is 25.7 Å². The van der Waals surface area contributed by atoms with Gasteiger partial charge in [0.05, 0.1) is 0 Å². The first-order chi connectivity index (χ1) is 8.66. The van der Waals surface area contributed by atoms with E-state index in [2.05, 4.69) is 21.2 Å². The zero-order valence-electron chi connectivity index (χ0n) is 10.5. The topological polar surface area (TPSA) is 38.3 Å². The van der Waals surface area contributed by atoms with E-state index in [1.807, 2.05) is 25.1 Å². The van der Waals surface area contributed by atoms with Gasteiger partial charge in [-0.1, -0.05) is 22.0 Å². The van der Waals surface area contributed by atoms with Crippen molar-refractivity contribution in [2.45, 2.75) is 19.8 Å². The van der Waals surface area contributed by atoms with Gasteiger partial charge in [-0.05, 0) is 43.4 Å². The van der Waals surface area contributed by atoms with Crippen LogP contribution >= 0.6 is 15.9 Å². The fraction of sp³-hybridized carbons (Fsp3) is 0.500. The lowest BCUT2D eigenvalue weighted by Crippen LogP contribution is -2.26. The first-order valence-corrected chi connectivity index (χ1v) is 7.08. The third-order valence-corrected chi connectivity index (χ3v) is 4.15. The van der Waals surface area contributed by atoms with Crippen LogP contribution in [0.4, 0.5) is 0 Å². The minimum absolute atomic E-state index is 0.00499. The molecule has 1 aliphatic rings. The van der Waals surface area contributed by atoms with Crippen LogP contribution in [0.3, 0.4) is 0 Å². The summed E-state index contributed by atoms with van der Waals surface area (Å²) >= 11 is 3.44. The molecule has 0 aliphatic carbocycles. The lowest BCUT2D eigenvalue weighted by molar-refractivity contribution is 0.0950. The minimum Gasteiger partial charge on any atom is -0.381 e. The van der Waals surface area contributed by atoms with E-state index in [9.17, 15) is 4.79 Å². The average Bonchev–Trinajstić information content (AvgIpc) is 2.85. The molecule has 0 spiro atoms. The van der Waals surface area contributed by atoms with Gasteiger partial charge in [0.25, 0.3) is 5.91 Å². The van der Waals surface area contributed by atoms with Crippen LogP contribution < -0.4 is 5.32 Å². The lowest BCUT2D eigenvalue weighted by atomic mass is 10.1. The first-order valence-electron chi connectivity index (χ1n) is 6.29. The largest absolute Gasteiger partial charge is 0.381 e. The Morgan fingerprint density at radius 3 is 3.06 bits per heavy atom. The van der Waals surface area contributed by atoms with Crippen molar-refractivity contribution in [1.82, 2.24) is 5.32 Å². The molecular weight excluding hydrogens is 294 g/mol. The van der Waals surface area contributed by atoms with Crippen molar-refractivity contribution in [2.24, 2.45) is 5.92 Å².